The number of unbranched alkanes of at least 4 members (excludes halogenated alkanes) is 1. The monoisotopic (exact) mass is 224 g/mol. The zero-order valence-electron chi connectivity index (χ0n) is 9.23. The fraction of sp³-hybridized carbons (Fsp3) is 1.00. The molecule has 1 N–H and O–H groups in total. The molecule has 0 amide bonds. The summed E-state index contributed by atoms with van der Waals surface area (Å²) in [4.78, 5) is 9.36. The van der Waals surface area contributed by atoms with Crippen LogP contribution in [0.25, 0.3) is 0 Å². The molecule has 2 unspecified atom stereocenters. The van der Waals surface area contributed by atoms with Crippen LogP contribution in [-0.2, 0) is 13.8 Å². The number of hydrogen-bond acceptors (Lipinski definition) is 3. The van der Waals surface area contributed by atoms with Crippen LogP contribution in [-0.4, -0.2) is 30.9 Å². The summed E-state index contributed by atoms with van der Waals surface area (Å²) in [5.74, 6) is 0. The zero-order chi connectivity index (χ0) is 11.0. The number of methoxy groups -OCH3 is 1. The molecule has 0 aliphatic carbocycles. The molecule has 0 bridgehead atoms. The molecule has 0 saturated carbocycles. The van der Waals surface area contributed by atoms with Crippen molar-refractivity contribution in [1.29, 1.82) is 0 Å². The second kappa shape index (κ2) is 7.41. The van der Waals surface area contributed by atoms with E-state index >= 15 is 0 Å². The van der Waals surface area contributed by atoms with Gasteiger partial charge in [0, 0.05) is 7.11 Å². The maximum absolute atomic E-state index is 11.4. The Labute approximate surface area is 86.1 Å². The van der Waals surface area contributed by atoms with E-state index in [1.165, 1.54) is 0 Å². The molecular weight excluding hydrogens is 203 g/mol. The third-order valence-corrected chi connectivity index (χ3v) is 3.42. The summed E-state index contributed by atoms with van der Waals surface area (Å²) in [7, 11) is -1.78. The number of rotatable bonds is 8. The van der Waals surface area contributed by atoms with Gasteiger partial charge in [-0.15, -0.1) is 0 Å². The number of ether oxygens (including phenoxy) is 1. The van der Waals surface area contributed by atoms with Crippen LogP contribution in [0.2, 0.25) is 0 Å². The van der Waals surface area contributed by atoms with E-state index in [0.717, 1.165) is 12.8 Å². The van der Waals surface area contributed by atoms with E-state index in [1.807, 2.05) is 13.8 Å². The van der Waals surface area contributed by atoms with Gasteiger partial charge in [-0.1, -0.05) is 13.3 Å². The van der Waals surface area contributed by atoms with Crippen molar-refractivity contribution in [3.05, 3.63) is 0 Å². The first-order chi connectivity index (χ1) is 6.52. The minimum Gasteiger partial charge on any atom is -0.382 e. The van der Waals surface area contributed by atoms with Crippen molar-refractivity contribution in [2.45, 2.75) is 39.2 Å². The van der Waals surface area contributed by atoms with Gasteiger partial charge in [0.15, 0.2) is 0 Å². The Hall–Kier alpha value is 0.110. The second-order valence-electron chi connectivity index (χ2n) is 3.38. The fourth-order valence-electron chi connectivity index (χ4n) is 0.879. The average molecular weight is 224 g/mol. The minimum absolute atomic E-state index is 0.00486. The maximum Gasteiger partial charge on any atom is 0.328 e. The zero-order valence-corrected chi connectivity index (χ0v) is 10.1. The van der Waals surface area contributed by atoms with Gasteiger partial charge in [-0.25, -0.2) is 0 Å². The lowest BCUT2D eigenvalue weighted by atomic mass is 10.3. The van der Waals surface area contributed by atoms with Crippen molar-refractivity contribution in [2.24, 2.45) is 0 Å². The molecule has 0 aliphatic heterocycles. The third-order valence-electron chi connectivity index (χ3n) is 2.01. The van der Waals surface area contributed by atoms with Crippen LogP contribution in [0.15, 0.2) is 0 Å². The second-order valence-corrected chi connectivity index (χ2v) is 5.36. The molecule has 0 aliphatic rings. The van der Waals surface area contributed by atoms with Crippen molar-refractivity contribution >= 4 is 7.60 Å². The topological polar surface area (TPSA) is 55.8 Å². The van der Waals surface area contributed by atoms with E-state index in [1.54, 1.807) is 7.11 Å². The van der Waals surface area contributed by atoms with Gasteiger partial charge in [-0.3, -0.25) is 4.57 Å². The quantitative estimate of drug-likeness (QED) is 0.508. The molecule has 0 rings (SSSR count). The predicted octanol–water partition coefficient (Wildman–Crippen LogP) is 2.41. The predicted molar refractivity (Wildman–Crippen MR) is 56.6 cm³/mol. The van der Waals surface area contributed by atoms with E-state index in [9.17, 15) is 9.46 Å². The summed E-state index contributed by atoms with van der Waals surface area (Å²) >= 11 is 0. The van der Waals surface area contributed by atoms with E-state index in [0.29, 0.717) is 13.0 Å². The van der Waals surface area contributed by atoms with Crippen molar-refractivity contribution in [1.82, 2.24) is 0 Å². The third kappa shape index (κ3) is 7.51. The van der Waals surface area contributed by atoms with Gasteiger partial charge in [0.1, 0.15) is 0 Å². The molecule has 0 aromatic carbocycles. The first-order valence-electron chi connectivity index (χ1n) is 5.01. The Morgan fingerprint density at radius 1 is 1.50 bits per heavy atom. The molecule has 0 saturated heterocycles. The van der Waals surface area contributed by atoms with E-state index in [-0.39, 0.29) is 12.3 Å². The normalized spacial score (nSPS) is 17.7. The van der Waals surface area contributed by atoms with Crippen molar-refractivity contribution in [3.8, 4) is 0 Å². The lowest BCUT2D eigenvalue weighted by Crippen LogP contribution is -2.08. The van der Waals surface area contributed by atoms with Crippen LogP contribution in [0, 0.1) is 0 Å². The first kappa shape index (κ1) is 14.1. The highest BCUT2D eigenvalue weighted by Gasteiger charge is 2.19. The Balaban J connectivity index is 3.66. The van der Waals surface area contributed by atoms with Crippen molar-refractivity contribution in [3.63, 3.8) is 0 Å². The summed E-state index contributed by atoms with van der Waals surface area (Å²) in [5, 5.41) is 0. The molecular formula is C9H21O4P. The first-order valence-corrected chi connectivity index (χ1v) is 6.77. The molecule has 0 aromatic rings. The number of hydrogen-bond donors (Lipinski definition) is 1. The Kier molecular flexibility index (Phi) is 7.47. The summed E-state index contributed by atoms with van der Waals surface area (Å²) in [6.45, 7) is 4.25. The lowest BCUT2D eigenvalue weighted by Gasteiger charge is -2.14. The van der Waals surface area contributed by atoms with Gasteiger partial charge in [0.2, 0.25) is 0 Å². The van der Waals surface area contributed by atoms with Crippen LogP contribution in [0.3, 0.4) is 0 Å². The van der Waals surface area contributed by atoms with Gasteiger partial charge in [0.05, 0.1) is 18.9 Å². The van der Waals surface area contributed by atoms with Gasteiger partial charge >= 0.3 is 7.60 Å². The van der Waals surface area contributed by atoms with Gasteiger partial charge in [0.25, 0.3) is 0 Å². The van der Waals surface area contributed by atoms with Crippen LogP contribution in [0.1, 0.15) is 33.1 Å². The van der Waals surface area contributed by atoms with E-state index in [4.69, 9.17) is 9.26 Å². The molecule has 2 atom stereocenters. The Morgan fingerprint density at radius 2 is 2.14 bits per heavy atom. The molecule has 0 aromatic heterocycles. The van der Waals surface area contributed by atoms with Crippen LogP contribution < -0.4 is 0 Å². The lowest BCUT2D eigenvalue weighted by molar-refractivity contribution is 0.114. The van der Waals surface area contributed by atoms with Crippen molar-refractivity contribution < 1.29 is 18.7 Å². The SMILES string of the molecule is CCCCOP(=O)(O)CCC(C)OC. The van der Waals surface area contributed by atoms with Crippen LogP contribution in [0.5, 0.6) is 0 Å². The summed E-state index contributed by atoms with van der Waals surface area (Å²) in [5.41, 5.74) is 0. The minimum atomic E-state index is -3.37. The van der Waals surface area contributed by atoms with E-state index < -0.39 is 7.60 Å². The molecule has 0 heterocycles. The highest BCUT2D eigenvalue weighted by atomic mass is 31.2. The maximum atomic E-state index is 11.4. The largest absolute Gasteiger partial charge is 0.382 e. The average Bonchev–Trinajstić information content (AvgIpc) is 2.14. The molecule has 0 fully saturated rings. The Morgan fingerprint density at radius 3 is 2.64 bits per heavy atom. The molecule has 5 heteroatoms. The smallest absolute Gasteiger partial charge is 0.328 e. The fourth-order valence-corrected chi connectivity index (χ4v) is 2.11. The summed E-state index contributed by atoms with van der Waals surface area (Å²) < 4.78 is 21.3. The standard InChI is InChI=1S/C9H21O4P/c1-4-5-7-13-14(10,11)8-6-9(2)12-3/h9H,4-8H2,1-3H3,(H,10,11). The van der Waals surface area contributed by atoms with Gasteiger partial charge < -0.3 is 14.2 Å². The molecule has 14 heavy (non-hydrogen) atoms. The van der Waals surface area contributed by atoms with Gasteiger partial charge in [-0.2, -0.15) is 0 Å². The van der Waals surface area contributed by atoms with Crippen LogP contribution in [0.4, 0.5) is 0 Å². The highest BCUT2D eigenvalue weighted by molar-refractivity contribution is 7.52. The molecule has 0 radical (unpaired) electrons. The van der Waals surface area contributed by atoms with Crippen molar-refractivity contribution in [2.75, 3.05) is 19.9 Å². The molecule has 86 valence electrons. The van der Waals surface area contributed by atoms with Crippen LogP contribution >= 0.6 is 7.60 Å². The summed E-state index contributed by atoms with van der Waals surface area (Å²) in [6, 6.07) is 0. The highest BCUT2D eigenvalue weighted by Crippen LogP contribution is 2.42. The van der Waals surface area contributed by atoms with Gasteiger partial charge in [-0.05, 0) is 19.8 Å². The summed E-state index contributed by atoms with van der Waals surface area (Å²) in [6.07, 6.45) is 2.52. The van der Waals surface area contributed by atoms with E-state index in [2.05, 4.69) is 0 Å². The Bertz CT molecular complexity index is 184. The molecule has 0 spiro atoms. The molecule has 4 nitrogen and oxygen atoms in total.